The molecule has 1 aliphatic heterocycles. The first kappa shape index (κ1) is 23.0. The van der Waals surface area contributed by atoms with Gasteiger partial charge in [-0.15, -0.1) is 0 Å². The average Bonchev–Trinajstić information content (AvgIpc) is 3.50. The van der Waals surface area contributed by atoms with Crippen molar-refractivity contribution in [3.05, 3.63) is 64.2 Å². The number of hydrogen-bond acceptors (Lipinski definition) is 8. The van der Waals surface area contributed by atoms with Crippen LogP contribution in [0.25, 0.3) is 11.0 Å². The minimum absolute atomic E-state index is 0.0763. The van der Waals surface area contributed by atoms with Crippen molar-refractivity contribution in [3.63, 3.8) is 0 Å². The lowest BCUT2D eigenvalue weighted by atomic mass is 10.0. The highest BCUT2D eigenvalue weighted by molar-refractivity contribution is 9.10. The van der Waals surface area contributed by atoms with Crippen molar-refractivity contribution < 1.29 is 17.7 Å². The molecule has 3 N–H and O–H groups in total. The summed E-state index contributed by atoms with van der Waals surface area (Å²) in [7, 11) is -3.90. The zero-order valence-corrected chi connectivity index (χ0v) is 20.5. The van der Waals surface area contributed by atoms with Crippen LogP contribution < -0.4 is 10.5 Å². The van der Waals surface area contributed by atoms with Crippen molar-refractivity contribution in [2.45, 2.75) is 43.6 Å². The zero-order valence-electron chi connectivity index (χ0n) is 18.1. The fourth-order valence-corrected chi connectivity index (χ4v) is 5.91. The van der Waals surface area contributed by atoms with Gasteiger partial charge in [-0.25, -0.2) is 13.4 Å². The van der Waals surface area contributed by atoms with Gasteiger partial charge in [-0.05, 0) is 48.7 Å². The first-order valence-corrected chi connectivity index (χ1v) is 13.1. The lowest BCUT2D eigenvalue weighted by Gasteiger charge is -2.31. The van der Waals surface area contributed by atoms with Crippen LogP contribution in [-0.2, 0) is 23.2 Å². The van der Waals surface area contributed by atoms with Crippen LogP contribution in [0.15, 0.2) is 56.6 Å². The molecule has 3 heterocycles. The van der Waals surface area contributed by atoms with Crippen LogP contribution in [0, 0.1) is 0 Å². The molecule has 1 atom stereocenters. The normalized spacial score (nSPS) is 17.3. The first-order chi connectivity index (χ1) is 16.4. The molecule has 4 aromatic rings. The number of H-pyrrole nitrogens is 1. The van der Waals surface area contributed by atoms with Gasteiger partial charge < -0.3 is 20.0 Å². The largest absolute Gasteiger partial charge is 0.484 e. The number of imidazole rings is 1. The molecule has 0 amide bonds. The molecule has 34 heavy (non-hydrogen) atoms. The predicted molar refractivity (Wildman–Crippen MR) is 127 cm³/mol. The molecule has 10 nitrogen and oxygen atoms in total. The Hall–Kier alpha value is -2.80. The fraction of sp³-hybridized carbons (Fsp3) is 0.318. The van der Waals surface area contributed by atoms with Gasteiger partial charge in [0.25, 0.3) is 15.9 Å². The standard InChI is InChI=1S/C22H23BrN6O4S/c23-15-6-9-17-18(11-15)26-22(25-17)34(30,31)29-10-2-1-3-19(29)21-27-20(33-28-21)13-32-16-7-4-14(12-24)5-8-16/h4-9,11,19H,1-3,10,12-13,24H2,(H,25,26). The van der Waals surface area contributed by atoms with Gasteiger partial charge in [0, 0.05) is 17.6 Å². The van der Waals surface area contributed by atoms with Gasteiger partial charge in [0.15, 0.2) is 12.4 Å². The molecule has 2 aromatic carbocycles. The summed E-state index contributed by atoms with van der Waals surface area (Å²) in [5.74, 6) is 1.24. The molecule has 1 fully saturated rings. The quantitative estimate of drug-likeness (QED) is 0.357. The highest BCUT2D eigenvalue weighted by Crippen LogP contribution is 2.34. The van der Waals surface area contributed by atoms with Crippen LogP contribution >= 0.6 is 15.9 Å². The van der Waals surface area contributed by atoms with E-state index in [9.17, 15) is 8.42 Å². The second kappa shape index (κ2) is 9.45. The van der Waals surface area contributed by atoms with E-state index >= 15 is 0 Å². The highest BCUT2D eigenvalue weighted by Gasteiger charge is 2.38. The van der Waals surface area contributed by atoms with Crippen molar-refractivity contribution in [1.82, 2.24) is 24.4 Å². The van der Waals surface area contributed by atoms with Gasteiger partial charge in [0.1, 0.15) is 5.75 Å². The Kier molecular flexibility index (Phi) is 6.38. The molecule has 5 rings (SSSR count). The second-order valence-corrected chi connectivity index (χ2v) is 10.7. The number of aromatic amines is 1. The minimum atomic E-state index is -3.90. The maximum absolute atomic E-state index is 13.5. The van der Waals surface area contributed by atoms with Gasteiger partial charge in [0.05, 0.1) is 17.1 Å². The lowest BCUT2D eigenvalue weighted by Crippen LogP contribution is -2.39. The number of hydrogen-bond donors (Lipinski definition) is 2. The minimum Gasteiger partial charge on any atom is -0.484 e. The van der Waals surface area contributed by atoms with Crippen LogP contribution in [0.5, 0.6) is 5.75 Å². The molecular weight excluding hydrogens is 524 g/mol. The number of ether oxygens (including phenoxy) is 1. The number of nitrogens with zero attached hydrogens (tertiary/aromatic N) is 4. The zero-order chi connectivity index (χ0) is 23.7. The van der Waals surface area contributed by atoms with Gasteiger partial charge in [0.2, 0.25) is 5.16 Å². The number of aromatic nitrogens is 4. The summed E-state index contributed by atoms with van der Waals surface area (Å²) in [5.41, 5.74) is 7.83. The van der Waals surface area contributed by atoms with Crippen LogP contribution in [0.1, 0.15) is 42.6 Å². The fourth-order valence-electron chi connectivity index (χ4n) is 3.97. The Balaban J connectivity index is 1.35. The summed E-state index contributed by atoms with van der Waals surface area (Å²) < 4.78 is 40.3. The number of nitrogens with one attached hydrogen (secondary N) is 1. The molecule has 0 saturated carbocycles. The molecule has 0 spiro atoms. The van der Waals surface area contributed by atoms with E-state index < -0.39 is 16.1 Å². The first-order valence-electron chi connectivity index (χ1n) is 10.9. The molecule has 1 unspecified atom stereocenters. The van der Waals surface area contributed by atoms with E-state index in [4.69, 9.17) is 15.0 Å². The molecule has 1 aliphatic rings. The number of piperidine rings is 1. The van der Waals surface area contributed by atoms with E-state index in [1.54, 1.807) is 12.1 Å². The smallest absolute Gasteiger partial charge is 0.277 e. The SMILES string of the molecule is NCc1ccc(OCc2nc(C3CCCCN3S(=O)(=O)c3nc4ccc(Br)cc4[nH]3)no2)cc1. The van der Waals surface area contributed by atoms with E-state index in [1.165, 1.54) is 4.31 Å². The summed E-state index contributed by atoms with van der Waals surface area (Å²) in [4.78, 5) is 11.7. The van der Waals surface area contributed by atoms with Gasteiger partial charge in [-0.2, -0.15) is 9.29 Å². The Bertz CT molecular complexity index is 1400. The molecular formula is C22H23BrN6O4S. The van der Waals surface area contributed by atoms with E-state index in [0.717, 1.165) is 22.9 Å². The number of halogens is 1. The highest BCUT2D eigenvalue weighted by atomic mass is 79.9. The molecule has 0 radical (unpaired) electrons. The Labute approximate surface area is 204 Å². The summed E-state index contributed by atoms with van der Waals surface area (Å²) in [6, 6.07) is 12.2. The molecule has 1 saturated heterocycles. The Morgan fingerprint density at radius 1 is 1.18 bits per heavy atom. The number of sulfonamides is 1. The maximum Gasteiger partial charge on any atom is 0.277 e. The second-order valence-electron chi connectivity index (χ2n) is 8.01. The topological polar surface area (TPSA) is 140 Å². The van der Waals surface area contributed by atoms with Crippen molar-refractivity contribution >= 4 is 37.0 Å². The van der Waals surface area contributed by atoms with E-state index in [-0.39, 0.29) is 17.7 Å². The van der Waals surface area contributed by atoms with Crippen LogP contribution in [0.2, 0.25) is 0 Å². The van der Waals surface area contributed by atoms with Gasteiger partial charge >= 0.3 is 0 Å². The molecule has 12 heteroatoms. The third-order valence-electron chi connectivity index (χ3n) is 5.73. The maximum atomic E-state index is 13.5. The van der Waals surface area contributed by atoms with Crippen molar-refractivity contribution in [2.24, 2.45) is 5.73 Å². The van der Waals surface area contributed by atoms with E-state index in [2.05, 4.69) is 36.0 Å². The summed E-state index contributed by atoms with van der Waals surface area (Å²) in [5, 5.41) is 3.97. The van der Waals surface area contributed by atoms with Crippen molar-refractivity contribution in [2.75, 3.05) is 6.54 Å². The molecule has 2 aromatic heterocycles. The third-order valence-corrected chi connectivity index (χ3v) is 7.96. The van der Waals surface area contributed by atoms with Crippen molar-refractivity contribution in [1.29, 1.82) is 0 Å². The molecule has 178 valence electrons. The van der Waals surface area contributed by atoms with Gasteiger partial charge in [-0.1, -0.05) is 39.6 Å². The molecule has 0 bridgehead atoms. The number of benzene rings is 2. The predicted octanol–water partition coefficient (Wildman–Crippen LogP) is 3.66. The average molecular weight is 547 g/mol. The lowest BCUT2D eigenvalue weighted by molar-refractivity contribution is 0.231. The summed E-state index contributed by atoms with van der Waals surface area (Å²) >= 11 is 3.40. The van der Waals surface area contributed by atoms with Gasteiger partial charge in [-0.3, -0.25) is 0 Å². The number of fused-ring (bicyclic) bond motifs is 1. The van der Waals surface area contributed by atoms with Crippen molar-refractivity contribution in [3.8, 4) is 5.75 Å². The van der Waals surface area contributed by atoms with Crippen LogP contribution in [-0.4, -0.2) is 39.4 Å². The Morgan fingerprint density at radius 3 is 2.79 bits per heavy atom. The summed E-state index contributed by atoms with van der Waals surface area (Å²) in [6.45, 7) is 0.883. The van der Waals surface area contributed by atoms with Crippen LogP contribution in [0.3, 0.4) is 0 Å². The number of rotatable bonds is 7. The Morgan fingerprint density at radius 2 is 2.00 bits per heavy atom. The summed E-state index contributed by atoms with van der Waals surface area (Å²) in [6.07, 6.45) is 2.19. The van der Waals surface area contributed by atoms with E-state index in [0.29, 0.717) is 42.1 Å². The van der Waals surface area contributed by atoms with Crippen LogP contribution in [0.4, 0.5) is 0 Å². The molecule has 0 aliphatic carbocycles. The van der Waals surface area contributed by atoms with E-state index in [1.807, 2.05) is 30.3 Å². The monoisotopic (exact) mass is 546 g/mol. The number of nitrogens with two attached hydrogens (primary N) is 1. The third kappa shape index (κ3) is 4.58.